The zero-order chi connectivity index (χ0) is 37.8. The predicted octanol–water partition coefficient (Wildman–Crippen LogP) is 15.5. The molecule has 0 saturated heterocycles. The van der Waals surface area contributed by atoms with E-state index in [0.29, 0.717) is 0 Å². The molecule has 0 bridgehead atoms. The third-order valence-electron chi connectivity index (χ3n) is 12.7. The van der Waals surface area contributed by atoms with E-state index in [2.05, 4.69) is 209 Å². The third kappa shape index (κ3) is 4.79. The van der Waals surface area contributed by atoms with E-state index in [4.69, 9.17) is 0 Å². The molecule has 0 spiro atoms. The van der Waals surface area contributed by atoms with Gasteiger partial charge >= 0.3 is 0 Å². The Morgan fingerprint density at radius 1 is 0.375 bits per heavy atom. The maximum absolute atomic E-state index is 2.48. The van der Waals surface area contributed by atoms with Gasteiger partial charge in [0.25, 0.3) is 0 Å². The molecule has 1 aromatic heterocycles. The molecule has 1 heterocycles. The van der Waals surface area contributed by atoms with Crippen LogP contribution in [0.4, 0.5) is 17.1 Å². The summed E-state index contributed by atoms with van der Waals surface area (Å²) in [4.78, 5) is 2.48. The Morgan fingerprint density at radius 2 is 0.946 bits per heavy atom. The fourth-order valence-electron chi connectivity index (χ4n) is 9.94. The van der Waals surface area contributed by atoms with Crippen molar-refractivity contribution in [2.24, 2.45) is 0 Å². The van der Waals surface area contributed by atoms with Gasteiger partial charge < -0.3 is 4.90 Å². The fraction of sp³-hybridized carbons (Fsp3) is 0.111. The molecule has 0 saturated carbocycles. The number of rotatable bonds is 5. The van der Waals surface area contributed by atoms with Gasteiger partial charge in [-0.05, 0) is 110 Å². The van der Waals surface area contributed by atoms with Crippen LogP contribution in [0.3, 0.4) is 0 Å². The molecule has 2 aliphatic carbocycles. The van der Waals surface area contributed by atoms with Gasteiger partial charge in [-0.1, -0.05) is 155 Å². The van der Waals surface area contributed by atoms with Crippen LogP contribution in [0, 0.1) is 0 Å². The Bertz CT molecular complexity index is 3030. The Kier molecular flexibility index (Phi) is 7.18. The highest BCUT2D eigenvalue weighted by molar-refractivity contribution is 7.25. The van der Waals surface area contributed by atoms with Crippen molar-refractivity contribution in [2.75, 3.05) is 4.90 Å². The lowest BCUT2D eigenvalue weighted by molar-refractivity contribution is 0.660. The van der Waals surface area contributed by atoms with Gasteiger partial charge in [0.1, 0.15) is 0 Å². The summed E-state index contributed by atoms with van der Waals surface area (Å²) in [5.41, 5.74) is 19.1. The van der Waals surface area contributed by atoms with Crippen LogP contribution >= 0.6 is 11.3 Å². The molecule has 56 heavy (non-hydrogen) atoms. The van der Waals surface area contributed by atoms with Crippen molar-refractivity contribution in [3.05, 3.63) is 198 Å². The molecule has 0 fully saturated rings. The average molecular weight is 736 g/mol. The van der Waals surface area contributed by atoms with Crippen LogP contribution in [-0.2, 0) is 10.8 Å². The minimum atomic E-state index is -0.111. The third-order valence-corrected chi connectivity index (χ3v) is 13.8. The van der Waals surface area contributed by atoms with Crippen LogP contribution in [0.25, 0.3) is 64.7 Å². The highest BCUT2D eigenvalue weighted by Crippen LogP contribution is 2.54. The predicted molar refractivity (Wildman–Crippen MR) is 240 cm³/mol. The molecule has 0 amide bonds. The molecule has 2 heteroatoms. The Morgan fingerprint density at radius 3 is 1.75 bits per heavy atom. The summed E-state index contributed by atoms with van der Waals surface area (Å²) in [6.45, 7) is 9.48. The molecule has 0 atom stereocenters. The average Bonchev–Trinajstić information content (AvgIpc) is 3.81. The Balaban J connectivity index is 1.08. The van der Waals surface area contributed by atoms with Crippen LogP contribution in [-0.4, -0.2) is 0 Å². The first kappa shape index (κ1) is 33.1. The van der Waals surface area contributed by atoms with E-state index >= 15 is 0 Å². The van der Waals surface area contributed by atoms with Gasteiger partial charge in [-0.25, -0.2) is 0 Å². The minimum Gasteiger partial charge on any atom is -0.310 e. The number of benzene rings is 8. The van der Waals surface area contributed by atoms with E-state index in [9.17, 15) is 0 Å². The number of hydrogen-bond acceptors (Lipinski definition) is 2. The van der Waals surface area contributed by atoms with E-state index in [1.807, 2.05) is 11.3 Å². The standard InChI is InChI=1S/C54H41NS/c1-53(2)46-20-9-5-15-40(46)42-30-29-37(33-48(42)53)55(49-22-11-7-14-38(49)35-26-31-51-45(32-35)43-17-8-12-23-50(43)56-51)36-27-24-34(25-28-36)39-18-13-19-44-41-16-6-10-21-47(41)54(3,4)52(39)44/h5-33H,1-4H3. The zero-order valence-electron chi connectivity index (χ0n) is 32.1. The second-order valence-corrected chi connectivity index (χ2v) is 17.6. The first-order valence-corrected chi connectivity index (χ1v) is 20.5. The first-order valence-electron chi connectivity index (χ1n) is 19.7. The Hall–Kier alpha value is -6.22. The van der Waals surface area contributed by atoms with Crippen molar-refractivity contribution in [2.45, 2.75) is 38.5 Å². The summed E-state index contributed by atoms with van der Waals surface area (Å²) < 4.78 is 2.65. The van der Waals surface area contributed by atoms with Gasteiger partial charge in [0.15, 0.2) is 0 Å². The second kappa shape index (κ2) is 12.1. The highest BCUT2D eigenvalue weighted by Gasteiger charge is 2.38. The molecule has 0 radical (unpaired) electrons. The second-order valence-electron chi connectivity index (χ2n) is 16.5. The summed E-state index contributed by atoms with van der Waals surface area (Å²) in [6.07, 6.45) is 0. The zero-order valence-corrected chi connectivity index (χ0v) is 32.9. The topological polar surface area (TPSA) is 3.24 Å². The lowest BCUT2D eigenvalue weighted by Gasteiger charge is -2.30. The number of nitrogens with zero attached hydrogens (tertiary/aromatic N) is 1. The molecule has 2 aliphatic rings. The lowest BCUT2D eigenvalue weighted by Crippen LogP contribution is -2.17. The quantitative estimate of drug-likeness (QED) is 0.170. The normalized spacial score (nSPS) is 14.4. The number of thiophene rings is 1. The maximum Gasteiger partial charge on any atom is 0.0540 e. The monoisotopic (exact) mass is 735 g/mol. The largest absolute Gasteiger partial charge is 0.310 e. The minimum absolute atomic E-state index is 0.0875. The van der Waals surface area contributed by atoms with E-state index < -0.39 is 0 Å². The van der Waals surface area contributed by atoms with E-state index in [0.717, 1.165) is 17.1 Å². The maximum atomic E-state index is 2.48. The fourth-order valence-corrected chi connectivity index (χ4v) is 11.0. The first-order chi connectivity index (χ1) is 27.3. The van der Waals surface area contributed by atoms with Gasteiger partial charge in [0.05, 0.1) is 5.69 Å². The van der Waals surface area contributed by atoms with Crippen LogP contribution in [0.1, 0.15) is 49.9 Å². The van der Waals surface area contributed by atoms with Crippen molar-refractivity contribution in [1.82, 2.24) is 0 Å². The molecule has 0 aliphatic heterocycles. The molecule has 0 unspecified atom stereocenters. The molecular weight excluding hydrogens is 695 g/mol. The number of fused-ring (bicyclic) bond motifs is 9. The smallest absolute Gasteiger partial charge is 0.0540 e. The molecule has 11 rings (SSSR count). The van der Waals surface area contributed by atoms with E-state index in [1.165, 1.54) is 86.9 Å². The van der Waals surface area contributed by atoms with E-state index in [1.54, 1.807) is 0 Å². The van der Waals surface area contributed by atoms with Crippen LogP contribution in [0.2, 0.25) is 0 Å². The van der Waals surface area contributed by atoms with Gasteiger partial charge in [0.2, 0.25) is 0 Å². The van der Waals surface area contributed by atoms with Gasteiger partial charge in [-0.2, -0.15) is 0 Å². The van der Waals surface area contributed by atoms with Gasteiger partial charge in [-0.3, -0.25) is 0 Å². The van der Waals surface area contributed by atoms with Crippen LogP contribution in [0.15, 0.2) is 176 Å². The summed E-state index contributed by atoms with van der Waals surface area (Å²) in [5, 5.41) is 2.63. The Labute approximate surface area is 333 Å². The molecule has 8 aromatic carbocycles. The summed E-state index contributed by atoms with van der Waals surface area (Å²) in [7, 11) is 0. The highest BCUT2D eigenvalue weighted by atomic mass is 32.1. The van der Waals surface area contributed by atoms with Crippen LogP contribution < -0.4 is 4.90 Å². The van der Waals surface area contributed by atoms with Gasteiger partial charge in [0, 0.05) is 47.9 Å². The van der Waals surface area contributed by atoms with Gasteiger partial charge in [-0.15, -0.1) is 11.3 Å². The van der Waals surface area contributed by atoms with Crippen molar-refractivity contribution in [3.63, 3.8) is 0 Å². The van der Waals surface area contributed by atoms with Crippen molar-refractivity contribution < 1.29 is 0 Å². The molecule has 268 valence electrons. The van der Waals surface area contributed by atoms with Crippen LogP contribution in [0.5, 0.6) is 0 Å². The molecule has 1 nitrogen and oxygen atoms in total. The molecular formula is C54H41NS. The number of anilines is 3. The SMILES string of the molecule is CC1(C)c2ccccc2-c2ccc(N(c3ccc(-c4cccc5c4C(C)(C)c4ccccc4-5)cc3)c3ccccc3-c3ccc4sc5ccccc5c4c3)cc21. The summed E-state index contributed by atoms with van der Waals surface area (Å²) >= 11 is 1.87. The van der Waals surface area contributed by atoms with Crippen molar-refractivity contribution >= 4 is 48.6 Å². The van der Waals surface area contributed by atoms with E-state index in [-0.39, 0.29) is 10.8 Å². The molecule has 9 aromatic rings. The summed E-state index contributed by atoms with van der Waals surface area (Å²) in [6, 6.07) is 65.8. The lowest BCUT2D eigenvalue weighted by atomic mass is 9.79. The molecule has 0 N–H and O–H groups in total. The summed E-state index contributed by atoms with van der Waals surface area (Å²) in [5.74, 6) is 0. The van der Waals surface area contributed by atoms with Crippen molar-refractivity contribution in [1.29, 1.82) is 0 Å². The number of para-hydroxylation sites is 1. The number of hydrogen-bond donors (Lipinski definition) is 0. The van der Waals surface area contributed by atoms with Crippen molar-refractivity contribution in [3.8, 4) is 44.5 Å².